The monoisotopic (exact) mass is 459 g/mol. The number of aromatic amines is 1. The van der Waals surface area contributed by atoms with E-state index >= 15 is 0 Å². The fourth-order valence-corrected chi connectivity index (χ4v) is 3.84. The maximum absolute atomic E-state index is 12.1. The molecule has 0 atom stereocenters. The van der Waals surface area contributed by atoms with Gasteiger partial charge in [-0.25, -0.2) is 9.78 Å². The van der Waals surface area contributed by atoms with E-state index in [1.807, 2.05) is 48.5 Å². The van der Waals surface area contributed by atoms with Crippen molar-refractivity contribution in [2.75, 3.05) is 5.32 Å². The summed E-state index contributed by atoms with van der Waals surface area (Å²) in [4.78, 5) is 28.1. The molecule has 2 heterocycles. The molecule has 3 N–H and O–H groups in total. The number of unbranched alkanes of at least 4 members (excludes halogenated alkanes) is 1. The number of amides is 1. The zero-order valence-corrected chi connectivity index (χ0v) is 18.9. The minimum Gasteiger partial charge on any atom is -0.476 e. The van der Waals surface area contributed by atoms with E-state index < -0.39 is 5.97 Å². The van der Waals surface area contributed by atoms with Crippen molar-refractivity contribution in [2.24, 2.45) is 0 Å². The van der Waals surface area contributed by atoms with Crippen LogP contribution in [-0.4, -0.2) is 47.2 Å². The number of aryl methyl sites for hydroxylation is 1. The number of H-pyrrole nitrogens is 1. The molecule has 0 aliphatic carbocycles. The summed E-state index contributed by atoms with van der Waals surface area (Å²) in [6.07, 6.45) is 2.42. The van der Waals surface area contributed by atoms with E-state index in [1.165, 1.54) is 6.92 Å². The Labute approximate surface area is 196 Å². The third kappa shape index (κ3) is 4.85. The Kier molecular flexibility index (Phi) is 6.77. The van der Waals surface area contributed by atoms with E-state index in [-0.39, 0.29) is 17.4 Å². The van der Waals surface area contributed by atoms with Crippen LogP contribution in [0.3, 0.4) is 0 Å². The summed E-state index contributed by atoms with van der Waals surface area (Å²) >= 11 is 0. The molecule has 0 radical (unpaired) electrons. The molecule has 0 fully saturated rings. The van der Waals surface area contributed by atoms with Crippen LogP contribution in [0.5, 0.6) is 0 Å². The standard InChI is InChI=1S/C24H25N7O3/c1-3-4-9-20-26-23(25-15(2)32)21(24(33)34)31(20)14-16-10-12-17(13-11-16)18-7-5-6-8-19(18)22-27-29-30-28-22/h5-8,10-13H,3-4,9,14H2,1-2H3,(H,25,32)(H,33,34)(H,27,28,29,30). The molecule has 0 aliphatic rings. The Balaban J connectivity index is 1.67. The molecule has 2 aromatic heterocycles. The van der Waals surface area contributed by atoms with Crippen LogP contribution < -0.4 is 5.32 Å². The highest BCUT2D eigenvalue weighted by Crippen LogP contribution is 2.30. The van der Waals surface area contributed by atoms with Crippen LogP contribution in [0.25, 0.3) is 22.5 Å². The first-order chi connectivity index (χ1) is 16.5. The predicted octanol–water partition coefficient (Wildman–Crippen LogP) is 3.78. The van der Waals surface area contributed by atoms with Gasteiger partial charge in [0.15, 0.2) is 11.5 Å². The average Bonchev–Trinajstić information content (AvgIpc) is 3.46. The maximum Gasteiger partial charge on any atom is 0.356 e. The topological polar surface area (TPSA) is 139 Å². The second kappa shape index (κ2) is 10.1. The molecule has 0 saturated heterocycles. The molecule has 10 nitrogen and oxygen atoms in total. The molecule has 0 saturated carbocycles. The van der Waals surface area contributed by atoms with Crippen LogP contribution in [0.4, 0.5) is 5.82 Å². The molecule has 4 aromatic rings. The van der Waals surface area contributed by atoms with E-state index in [1.54, 1.807) is 4.57 Å². The normalized spacial score (nSPS) is 10.9. The Hall–Kier alpha value is -4.34. The van der Waals surface area contributed by atoms with Crippen LogP contribution in [0.15, 0.2) is 48.5 Å². The Morgan fingerprint density at radius 1 is 1.09 bits per heavy atom. The molecule has 2 aromatic carbocycles. The molecule has 4 rings (SSSR count). The second-order valence-electron chi connectivity index (χ2n) is 7.88. The molecular weight excluding hydrogens is 434 g/mol. The minimum atomic E-state index is -1.13. The van der Waals surface area contributed by atoms with Crippen molar-refractivity contribution < 1.29 is 14.7 Å². The number of hydrogen-bond donors (Lipinski definition) is 3. The molecule has 34 heavy (non-hydrogen) atoms. The molecule has 0 aliphatic heterocycles. The van der Waals surface area contributed by atoms with Gasteiger partial charge in [0.1, 0.15) is 5.82 Å². The van der Waals surface area contributed by atoms with Gasteiger partial charge in [-0.1, -0.05) is 61.9 Å². The van der Waals surface area contributed by atoms with Gasteiger partial charge in [-0.15, -0.1) is 10.2 Å². The molecule has 0 bridgehead atoms. The fraction of sp³-hybridized carbons (Fsp3) is 0.250. The highest BCUT2D eigenvalue weighted by atomic mass is 16.4. The first kappa shape index (κ1) is 22.8. The first-order valence-corrected chi connectivity index (χ1v) is 11.0. The molecule has 0 unspecified atom stereocenters. The summed E-state index contributed by atoms with van der Waals surface area (Å²) in [5.74, 6) is -0.273. The first-order valence-electron chi connectivity index (χ1n) is 11.0. The summed E-state index contributed by atoms with van der Waals surface area (Å²) < 4.78 is 1.67. The maximum atomic E-state index is 12.1. The van der Waals surface area contributed by atoms with Crippen LogP contribution in [0, 0.1) is 0 Å². The second-order valence-corrected chi connectivity index (χ2v) is 7.88. The van der Waals surface area contributed by atoms with Gasteiger partial charge in [0.2, 0.25) is 11.7 Å². The zero-order valence-electron chi connectivity index (χ0n) is 18.9. The summed E-state index contributed by atoms with van der Waals surface area (Å²) in [6.45, 7) is 3.72. The Bertz CT molecular complexity index is 1290. The van der Waals surface area contributed by atoms with Crippen molar-refractivity contribution in [2.45, 2.75) is 39.7 Å². The van der Waals surface area contributed by atoms with E-state index in [4.69, 9.17) is 0 Å². The molecular formula is C24H25N7O3. The van der Waals surface area contributed by atoms with Crippen molar-refractivity contribution in [1.29, 1.82) is 0 Å². The van der Waals surface area contributed by atoms with Crippen molar-refractivity contribution in [1.82, 2.24) is 30.2 Å². The van der Waals surface area contributed by atoms with Crippen LogP contribution in [-0.2, 0) is 17.8 Å². The van der Waals surface area contributed by atoms with Gasteiger partial charge in [-0.3, -0.25) is 4.79 Å². The number of carboxylic acids is 1. The highest BCUT2D eigenvalue weighted by Gasteiger charge is 2.23. The number of tetrazole rings is 1. The SMILES string of the molecule is CCCCc1nc(NC(C)=O)c(C(=O)O)n1Cc1ccc(-c2ccccc2-c2nn[nH]n2)cc1. The third-order valence-electron chi connectivity index (χ3n) is 5.42. The van der Waals surface area contributed by atoms with Gasteiger partial charge in [0.25, 0.3) is 0 Å². The van der Waals surface area contributed by atoms with Crippen molar-refractivity contribution in [3.63, 3.8) is 0 Å². The van der Waals surface area contributed by atoms with Gasteiger partial charge in [0, 0.05) is 25.5 Å². The third-order valence-corrected chi connectivity index (χ3v) is 5.42. The number of carbonyl (C=O) groups is 2. The molecule has 1 amide bonds. The zero-order chi connectivity index (χ0) is 24.1. The number of aromatic carboxylic acids is 1. The van der Waals surface area contributed by atoms with Gasteiger partial charge >= 0.3 is 5.97 Å². The van der Waals surface area contributed by atoms with E-state index in [0.717, 1.165) is 35.1 Å². The van der Waals surface area contributed by atoms with Gasteiger partial charge in [-0.05, 0) is 28.3 Å². The minimum absolute atomic E-state index is 0.0205. The lowest BCUT2D eigenvalue weighted by Gasteiger charge is -2.12. The lowest BCUT2D eigenvalue weighted by atomic mass is 9.98. The lowest BCUT2D eigenvalue weighted by Crippen LogP contribution is -2.15. The van der Waals surface area contributed by atoms with E-state index in [9.17, 15) is 14.7 Å². The summed E-state index contributed by atoms with van der Waals surface area (Å²) in [5, 5.41) is 26.7. The van der Waals surface area contributed by atoms with Crippen LogP contribution >= 0.6 is 0 Å². The van der Waals surface area contributed by atoms with Crippen LogP contribution in [0.1, 0.15) is 48.6 Å². The number of benzene rings is 2. The number of nitrogens with zero attached hydrogens (tertiary/aromatic N) is 5. The molecule has 0 spiro atoms. The smallest absolute Gasteiger partial charge is 0.356 e. The number of imidazole rings is 1. The molecule has 10 heteroatoms. The van der Waals surface area contributed by atoms with Crippen molar-refractivity contribution >= 4 is 17.7 Å². The highest BCUT2D eigenvalue weighted by molar-refractivity contribution is 5.97. The number of carboxylic acid groups (broad SMARTS) is 1. The quantitative estimate of drug-likeness (QED) is 0.346. The lowest BCUT2D eigenvalue weighted by molar-refractivity contribution is -0.114. The van der Waals surface area contributed by atoms with Gasteiger partial charge in [-0.2, -0.15) is 5.21 Å². The van der Waals surface area contributed by atoms with Crippen LogP contribution in [0.2, 0.25) is 0 Å². The number of aromatic nitrogens is 6. The number of rotatable bonds is 9. The number of nitrogens with one attached hydrogen (secondary N) is 2. The van der Waals surface area contributed by atoms with Gasteiger partial charge < -0.3 is 15.0 Å². The Morgan fingerprint density at radius 2 is 1.82 bits per heavy atom. The van der Waals surface area contributed by atoms with E-state index in [2.05, 4.69) is 37.8 Å². The fourth-order valence-electron chi connectivity index (χ4n) is 3.84. The number of carbonyl (C=O) groups excluding carboxylic acids is 1. The summed E-state index contributed by atoms with van der Waals surface area (Å²) in [5.41, 5.74) is 3.67. The summed E-state index contributed by atoms with van der Waals surface area (Å²) in [7, 11) is 0. The Morgan fingerprint density at radius 3 is 2.44 bits per heavy atom. The van der Waals surface area contributed by atoms with Gasteiger partial charge in [0.05, 0.1) is 0 Å². The van der Waals surface area contributed by atoms with Crippen molar-refractivity contribution in [3.8, 4) is 22.5 Å². The predicted molar refractivity (Wildman–Crippen MR) is 126 cm³/mol. The molecule has 174 valence electrons. The number of anilines is 1. The average molecular weight is 460 g/mol. The van der Waals surface area contributed by atoms with E-state index in [0.29, 0.717) is 24.6 Å². The summed E-state index contributed by atoms with van der Waals surface area (Å²) in [6, 6.07) is 15.6. The number of hydrogen-bond acceptors (Lipinski definition) is 6. The van der Waals surface area contributed by atoms with Crippen molar-refractivity contribution in [3.05, 3.63) is 65.6 Å². The largest absolute Gasteiger partial charge is 0.476 e.